The molecule has 0 aromatic heterocycles. The average molecular weight is 272 g/mol. The normalized spacial score (nSPS) is 12.7. The third-order valence-corrected chi connectivity index (χ3v) is 3.68. The molecule has 0 radical (unpaired) electrons. The molecule has 0 saturated heterocycles. The van der Waals surface area contributed by atoms with Gasteiger partial charge in [0.15, 0.2) is 0 Å². The zero-order valence-electron chi connectivity index (χ0n) is 11.1. The van der Waals surface area contributed by atoms with Crippen molar-refractivity contribution in [3.63, 3.8) is 0 Å². The molecule has 0 aliphatic heterocycles. The minimum Gasteiger partial charge on any atom is -0.398 e. The highest BCUT2D eigenvalue weighted by atomic mass is 32.2. The second kappa shape index (κ2) is 4.87. The molecule has 0 unspecified atom stereocenters. The van der Waals surface area contributed by atoms with Gasteiger partial charge in [0.25, 0.3) is 0 Å². The molecule has 0 bridgehead atoms. The number of hydrogen-bond donors (Lipinski definition) is 2. The van der Waals surface area contributed by atoms with E-state index in [0.29, 0.717) is 11.3 Å². The molecule has 18 heavy (non-hydrogen) atoms. The Morgan fingerprint density at radius 2 is 1.83 bits per heavy atom. The number of benzene rings is 1. The topological polar surface area (TPSA) is 95.4 Å². The molecule has 1 rings (SSSR count). The van der Waals surface area contributed by atoms with E-state index < -0.39 is 10.0 Å². The van der Waals surface area contributed by atoms with E-state index in [1.807, 2.05) is 20.8 Å². The molecule has 0 heterocycles. The predicted octanol–water partition coefficient (Wildman–Crippen LogP) is 1.36. The van der Waals surface area contributed by atoms with Crippen LogP contribution in [0.1, 0.15) is 31.9 Å². The Morgan fingerprint density at radius 3 is 2.22 bits per heavy atom. The van der Waals surface area contributed by atoms with Gasteiger partial charge in [-0.25, -0.2) is 13.6 Å². The van der Waals surface area contributed by atoms with Gasteiger partial charge in [-0.2, -0.15) is 0 Å². The summed E-state index contributed by atoms with van der Waals surface area (Å²) in [5.41, 5.74) is 7.31. The summed E-state index contributed by atoms with van der Waals surface area (Å²) in [6, 6.07) is 3.34. The molecule has 0 aliphatic rings. The summed E-state index contributed by atoms with van der Waals surface area (Å²) in [5.74, 6) is 0. The van der Waals surface area contributed by atoms with Crippen molar-refractivity contribution in [2.24, 2.45) is 5.14 Å². The molecular formula is C12H20N2O3S. The maximum Gasteiger partial charge on any atom is 0.238 e. The Bertz CT molecular complexity index is 545. The van der Waals surface area contributed by atoms with Crippen LogP contribution in [0, 0.1) is 0 Å². The quantitative estimate of drug-likeness (QED) is 0.812. The van der Waals surface area contributed by atoms with E-state index in [1.54, 1.807) is 12.1 Å². The Labute approximate surface area is 108 Å². The summed E-state index contributed by atoms with van der Waals surface area (Å²) in [6.07, 6.45) is 0. The predicted molar refractivity (Wildman–Crippen MR) is 71.6 cm³/mol. The second-order valence-corrected chi connectivity index (χ2v) is 6.80. The Hall–Kier alpha value is -1.11. The van der Waals surface area contributed by atoms with E-state index in [1.165, 1.54) is 7.11 Å². The Kier molecular flexibility index (Phi) is 4.05. The van der Waals surface area contributed by atoms with Crippen molar-refractivity contribution < 1.29 is 13.2 Å². The number of anilines is 1. The van der Waals surface area contributed by atoms with Gasteiger partial charge in [-0.15, -0.1) is 0 Å². The lowest BCUT2D eigenvalue weighted by molar-refractivity contribution is 0.183. The third kappa shape index (κ3) is 3.22. The van der Waals surface area contributed by atoms with E-state index in [-0.39, 0.29) is 16.9 Å². The maximum absolute atomic E-state index is 11.6. The van der Waals surface area contributed by atoms with Crippen LogP contribution in [0.15, 0.2) is 17.0 Å². The summed E-state index contributed by atoms with van der Waals surface area (Å²) >= 11 is 0. The second-order valence-electron chi connectivity index (χ2n) is 5.27. The molecule has 1 aromatic carbocycles. The van der Waals surface area contributed by atoms with Crippen LogP contribution in [0.4, 0.5) is 5.69 Å². The fourth-order valence-corrected chi connectivity index (χ4v) is 2.46. The first-order valence-corrected chi connectivity index (χ1v) is 7.06. The van der Waals surface area contributed by atoms with E-state index >= 15 is 0 Å². The van der Waals surface area contributed by atoms with Crippen molar-refractivity contribution in [1.82, 2.24) is 0 Å². The number of rotatable bonds is 3. The van der Waals surface area contributed by atoms with Crippen molar-refractivity contribution >= 4 is 15.7 Å². The molecule has 0 fully saturated rings. The van der Waals surface area contributed by atoms with Crippen LogP contribution < -0.4 is 10.9 Å². The summed E-state index contributed by atoms with van der Waals surface area (Å²) in [4.78, 5) is 0.0364. The Morgan fingerprint density at radius 1 is 1.28 bits per heavy atom. The monoisotopic (exact) mass is 272 g/mol. The maximum atomic E-state index is 11.6. The molecule has 1 aromatic rings. The zero-order chi connectivity index (χ0) is 14.1. The summed E-state index contributed by atoms with van der Waals surface area (Å²) in [6.45, 7) is 6.04. The molecule has 0 saturated carbocycles. The standard InChI is InChI=1S/C12H20N2O3S/c1-12(2,3)8-5-10(13)9(7-17-4)11(6-8)18(14,15)16/h5-6H,7,13H2,1-4H3,(H2,14,15,16). The molecule has 102 valence electrons. The van der Waals surface area contributed by atoms with Crippen LogP contribution in [0.25, 0.3) is 0 Å². The van der Waals surface area contributed by atoms with Gasteiger partial charge in [0.05, 0.1) is 11.5 Å². The van der Waals surface area contributed by atoms with Crippen LogP contribution in [-0.2, 0) is 26.8 Å². The molecule has 0 spiro atoms. The first-order chi connectivity index (χ1) is 8.07. The van der Waals surface area contributed by atoms with Gasteiger partial charge in [-0.05, 0) is 23.1 Å². The number of nitrogens with two attached hydrogens (primary N) is 2. The smallest absolute Gasteiger partial charge is 0.238 e. The highest BCUT2D eigenvalue weighted by Gasteiger charge is 2.22. The lowest BCUT2D eigenvalue weighted by atomic mass is 9.86. The fourth-order valence-electron chi connectivity index (χ4n) is 1.65. The van der Waals surface area contributed by atoms with E-state index in [9.17, 15) is 8.42 Å². The zero-order valence-corrected chi connectivity index (χ0v) is 12.0. The van der Waals surface area contributed by atoms with Crippen LogP contribution in [-0.4, -0.2) is 15.5 Å². The van der Waals surface area contributed by atoms with Gasteiger partial charge in [0, 0.05) is 18.4 Å². The lowest BCUT2D eigenvalue weighted by Gasteiger charge is -2.22. The van der Waals surface area contributed by atoms with Gasteiger partial charge in [0.2, 0.25) is 10.0 Å². The number of methoxy groups -OCH3 is 1. The van der Waals surface area contributed by atoms with Crippen molar-refractivity contribution in [1.29, 1.82) is 0 Å². The summed E-state index contributed by atoms with van der Waals surface area (Å²) in [7, 11) is -2.34. The largest absolute Gasteiger partial charge is 0.398 e. The van der Waals surface area contributed by atoms with E-state index in [4.69, 9.17) is 15.6 Å². The third-order valence-electron chi connectivity index (χ3n) is 2.70. The lowest BCUT2D eigenvalue weighted by Crippen LogP contribution is -2.19. The van der Waals surface area contributed by atoms with Gasteiger partial charge in [0.1, 0.15) is 0 Å². The minimum absolute atomic E-state index is 0.0364. The number of sulfonamides is 1. The number of hydrogen-bond acceptors (Lipinski definition) is 4. The summed E-state index contributed by atoms with van der Waals surface area (Å²) in [5, 5.41) is 5.23. The molecular weight excluding hydrogens is 252 g/mol. The van der Waals surface area contributed by atoms with Crippen LogP contribution in [0.2, 0.25) is 0 Å². The van der Waals surface area contributed by atoms with Crippen LogP contribution in [0.5, 0.6) is 0 Å². The molecule has 0 atom stereocenters. The average Bonchev–Trinajstić information content (AvgIpc) is 2.17. The van der Waals surface area contributed by atoms with Crippen LogP contribution in [0.3, 0.4) is 0 Å². The SMILES string of the molecule is COCc1c(N)cc(C(C)(C)C)cc1S(N)(=O)=O. The van der Waals surface area contributed by atoms with Gasteiger partial charge >= 0.3 is 0 Å². The molecule has 0 amide bonds. The number of ether oxygens (including phenoxy) is 1. The molecule has 0 aliphatic carbocycles. The number of nitrogen functional groups attached to an aromatic ring is 1. The van der Waals surface area contributed by atoms with Crippen molar-refractivity contribution in [3.8, 4) is 0 Å². The molecule has 5 nitrogen and oxygen atoms in total. The van der Waals surface area contributed by atoms with Gasteiger partial charge in [-0.1, -0.05) is 20.8 Å². The highest BCUT2D eigenvalue weighted by Crippen LogP contribution is 2.30. The minimum atomic E-state index is -3.82. The highest BCUT2D eigenvalue weighted by molar-refractivity contribution is 7.89. The first-order valence-electron chi connectivity index (χ1n) is 5.52. The van der Waals surface area contributed by atoms with Crippen molar-refractivity contribution in [2.45, 2.75) is 37.7 Å². The van der Waals surface area contributed by atoms with Gasteiger partial charge in [-0.3, -0.25) is 0 Å². The molecule has 6 heteroatoms. The van der Waals surface area contributed by atoms with Crippen LogP contribution >= 0.6 is 0 Å². The van der Waals surface area contributed by atoms with Crippen molar-refractivity contribution in [2.75, 3.05) is 12.8 Å². The Balaban J connectivity index is 3.58. The van der Waals surface area contributed by atoms with E-state index in [2.05, 4.69) is 0 Å². The summed E-state index contributed by atoms with van der Waals surface area (Å²) < 4.78 is 28.2. The fraction of sp³-hybridized carbons (Fsp3) is 0.500. The van der Waals surface area contributed by atoms with E-state index in [0.717, 1.165) is 5.56 Å². The van der Waals surface area contributed by atoms with Crippen molar-refractivity contribution in [3.05, 3.63) is 23.3 Å². The number of primary sulfonamides is 1. The molecule has 4 N–H and O–H groups in total. The van der Waals surface area contributed by atoms with Gasteiger partial charge < -0.3 is 10.5 Å². The first kappa shape index (κ1) is 14.9.